The number of hydrogen-bond acceptors (Lipinski definition) is 4. The highest BCUT2D eigenvalue weighted by molar-refractivity contribution is 5.94. The second-order valence-corrected chi connectivity index (χ2v) is 2.12. The highest BCUT2D eigenvalue weighted by Gasteiger charge is 2.13. The van der Waals surface area contributed by atoms with Gasteiger partial charge in [0.05, 0.1) is 6.61 Å². The summed E-state index contributed by atoms with van der Waals surface area (Å²) >= 11 is 0. The van der Waals surface area contributed by atoms with Crippen LogP contribution in [-0.4, -0.2) is 29.8 Å². The zero-order valence-electron chi connectivity index (χ0n) is 7.05. The van der Waals surface area contributed by atoms with Gasteiger partial charge in [0.25, 0.3) is 0 Å². The molecule has 0 radical (unpaired) electrons. The second kappa shape index (κ2) is 3.75. The van der Waals surface area contributed by atoms with Crippen LogP contribution in [0, 0.1) is 0 Å². The molecule has 0 aliphatic carbocycles. The molecule has 1 aromatic rings. The summed E-state index contributed by atoms with van der Waals surface area (Å²) in [6.45, 7) is 2.13. The number of carbonyl (C=O) groups is 1. The average Bonchev–Trinajstić information content (AvgIpc) is 2.51. The van der Waals surface area contributed by atoms with E-state index in [0.29, 0.717) is 18.0 Å². The van der Waals surface area contributed by atoms with Crippen molar-refractivity contribution in [3.63, 3.8) is 0 Å². The minimum Gasteiger partial charge on any atom is -0.462 e. The van der Waals surface area contributed by atoms with Crippen LogP contribution >= 0.6 is 0 Å². The number of anilines is 1. The average molecular weight is 169 g/mol. The molecule has 5 heteroatoms. The summed E-state index contributed by atoms with van der Waals surface area (Å²) in [7, 11) is 1.69. The highest BCUT2D eigenvalue weighted by atomic mass is 16.5. The normalized spacial score (nSPS) is 9.50. The van der Waals surface area contributed by atoms with Crippen molar-refractivity contribution < 1.29 is 9.53 Å². The Labute approximate surface area is 70.1 Å². The van der Waals surface area contributed by atoms with Gasteiger partial charge < -0.3 is 10.1 Å². The van der Waals surface area contributed by atoms with Gasteiger partial charge in [0.2, 0.25) is 0 Å². The minimum absolute atomic E-state index is 0.365. The molecule has 1 heterocycles. The Kier molecular flexibility index (Phi) is 2.68. The van der Waals surface area contributed by atoms with Gasteiger partial charge in [-0.05, 0) is 6.92 Å². The van der Waals surface area contributed by atoms with Crippen LogP contribution in [0.2, 0.25) is 0 Å². The van der Waals surface area contributed by atoms with E-state index in [-0.39, 0.29) is 5.97 Å². The van der Waals surface area contributed by atoms with E-state index in [1.165, 1.54) is 6.20 Å². The summed E-state index contributed by atoms with van der Waals surface area (Å²) in [5.74, 6) is 0.143. The molecular weight excluding hydrogens is 158 g/mol. The van der Waals surface area contributed by atoms with E-state index in [0.717, 1.165) is 0 Å². The van der Waals surface area contributed by atoms with E-state index < -0.39 is 0 Å². The van der Waals surface area contributed by atoms with E-state index in [2.05, 4.69) is 15.5 Å². The fourth-order valence-electron chi connectivity index (χ4n) is 0.845. The maximum atomic E-state index is 11.2. The molecule has 0 spiro atoms. The van der Waals surface area contributed by atoms with Crippen molar-refractivity contribution in [2.75, 3.05) is 19.0 Å². The number of ether oxygens (including phenoxy) is 1. The van der Waals surface area contributed by atoms with Crippen molar-refractivity contribution in [3.8, 4) is 0 Å². The van der Waals surface area contributed by atoms with Gasteiger partial charge in [-0.3, -0.25) is 5.10 Å². The molecule has 0 amide bonds. The Bertz CT molecular complexity index is 269. The molecule has 0 aliphatic heterocycles. The molecule has 0 unspecified atom stereocenters. The first-order valence-corrected chi connectivity index (χ1v) is 3.68. The molecule has 0 saturated carbocycles. The van der Waals surface area contributed by atoms with Crippen molar-refractivity contribution in [3.05, 3.63) is 11.8 Å². The highest BCUT2D eigenvalue weighted by Crippen LogP contribution is 2.10. The Balaban J connectivity index is 2.79. The number of hydrogen-bond donors (Lipinski definition) is 2. The van der Waals surface area contributed by atoms with Gasteiger partial charge in [0.15, 0.2) is 5.82 Å². The van der Waals surface area contributed by atoms with Crippen molar-refractivity contribution in [2.45, 2.75) is 6.92 Å². The van der Waals surface area contributed by atoms with Crippen molar-refractivity contribution in [2.24, 2.45) is 0 Å². The van der Waals surface area contributed by atoms with Gasteiger partial charge in [-0.2, -0.15) is 5.10 Å². The fourth-order valence-corrected chi connectivity index (χ4v) is 0.845. The first-order valence-electron chi connectivity index (χ1n) is 3.68. The van der Waals surface area contributed by atoms with E-state index >= 15 is 0 Å². The summed E-state index contributed by atoms with van der Waals surface area (Å²) < 4.78 is 4.79. The van der Waals surface area contributed by atoms with Crippen molar-refractivity contribution in [1.82, 2.24) is 10.2 Å². The maximum absolute atomic E-state index is 11.2. The summed E-state index contributed by atoms with van der Waals surface area (Å²) in [6, 6.07) is 0. The third-order valence-corrected chi connectivity index (χ3v) is 1.37. The molecule has 0 fully saturated rings. The summed E-state index contributed by atoms with van der Waals surface area (Å²) in [6.07, 6.45) is 1.50. The van der Waals surface area contributed by atoms with Crippen LogP contribution in [0.5, 0.6) is 0 Å². The number of esters is 1. The van der Waals surface area contributed by atoms with Crippen LogP contribution in [0.25, 0.3) is 0 Å². The lowest BCUT2D eigenvalue weighted by atomic mass is 10.3. The monoisotopic (exact) mass is 169 g/mol. The van der Waals surface area contributed by atoms with E-state index in [9.17, 15) is 4.79 Å². The number of rotatable bonds is 3. The molecule has 0 aromatic carbocycles. The van der Waals surface area contributed by atoms with E-state index in [1.54, 1.807) is 14.0 Å². The lowest BCUT2D eigenvalue weighted by molar-refractivity contribution is 0.0527. The SMILES string of the molecule is CCOC(=O)c1c[nH]nc1NC. The predicted octanol–water partition coefficient (Wildman–Crippen LogP) is 0.628. The number of aromatic amines is 1. The lowest BCUT2D eigenvalue weighted by Gasteiger charge is -2.00. The standard InChI is InChI=1S/C7H11N3O2/c1-3-12-7(11)5-4-9-10-6(5)8-2/h4H,3H2,1-2H3,(H2,8,9,10). The molecule has 0 atom stereocenters. The van der Waals surface area contributed by atoms with Gasteiger partial charge in [-0.25, -0.2) is 4.79 Å². The largest absolute Gasteiger partial charge is 0.462 e. The smallest absolute Gasteiger partial charge is 0.343 e. The lowest BCUT2D eigenvalue weighted by Crippen LogP contribution is -2.06. The first-order chi connectivity index (χ1) is 5.79. The minimum atomic E-state index is -0.365. The zero-order valence-corrected chi connectivity index (χ0v) is 7.05. The Morgan fingerprint density at radius 2 is 2.58 bits per heavy atom. The third-order valence-electron chi connectivity index (χ3n) is 1.37. The van der Waals surface area contributed by atoms with Gasteiger partial charge in [0.1, 0.15) is 5.56 Å². The molecule has 66 valence electrons. The molecular formula is C7H11N3O2. The summed E-state index contributed by atoms with van der Waals surface area (Å²) in [5, 5.41) is 9.15. The van der Waals surface area contributed by atoms with E-state index in [1.807, 2.05) is 0 Å². The van der Waals surface area contributed by atoms with Gasteiger partial charge in [-0.15, -0.1) is 0 Å². The van der Waals surface area contributed by atoms with Crippen molar-refractivity contribution in [1.29, 1.82) is 0 Å². The first kappa shape index (κ1) is 8.58. The maximum Gasteiger partial charge on any atom is 0.343 e. The van der Waals surface area contributed by atoms with E-state index in [4.69, 9.17) is 4.74 Å². The molecule has 2 N–H and O–H groups in total. The van der Waals surface area contributed by atoms with Gasteiger partial charge >= 0.3 is 5.97 Å². The fraction of sp³-hybridized carbons (Fsp3) is 0.429. The summed E-state index contributed by atoms with van der Waals surface area (Å²) in [5.41, 5.74) is 0.430. The van der Waals surface area contributed by atoms with Crippen LogP contribution < -0.4 is 5.32 Å². The predicted molar refractivity (Wildman–Crippen MR) is 44.1 cm³/mol. The molecule has 0 bridgehead atoms. The summed E-state index contributed by atoms with van der Waals surface area (Å²) in [4.78, 5) is 11.2. The van der Waals surface area contributed by atoms with Crippen molar-refractivity contribution >= 4 is 11.8 Å². The number of carbonyl (C=O) groups excluding carboxylic acids is 1. The third kappa shape index (κ3) is 1.55. The molecule has 0 saturated heterocycles. The van der Waals surface area contributed by atoms with Crippen LogP contribution in [-0.2, 0) is 4.74 Å². The van der Waals surface area contributed by atoms with Crippen LogP contribution in [0.4, 0.5) is 5.82 Å². The zero-order chi connectivity index (χ0) is 8.97. The van der Waals surface area contributed by atoms with Crippen LogP contribution in [0.3, 0.4) is 0 Å². The molecule has 1 rings (SSSR count). The van der Waals surface area contributed by atoms with Crippen LogP contribution in [0.15, 0.2) is 6.20 Å². The van der Waals surface area contributed by atoms with Crippen LogP contribution in [0.1, 0.15) is 17.3 Å². The topological polar surface area (TPSA) is 67.0 Å². The Morgan fingerprint density at radius 3 is 3.17 bits per heavy atom. The second-order valence-electron chi connectivity index (χ2n) is 2.12. The number of H-pyrrole nitrogens is 1. The molecule has 1 aromatic heterocycles. The quantitative estimate of drug-likeness (QED) is 0.651. The number of aromatic nitrogens is 2. The van der Waals surface area contributed by atoms with Gasteiger partial charge in [-0.1, -0.05) is 0 Å². The number of nitrogens with zero attached hydrogens (tertiary/aromatic N) is 1. The molecule has 5 nitrogen and oxygen atoms in total. The molecule has 12 heavy (non-hydrogen) atoms. The molecule has 0 aliphatic rings. The van der Waals surface area contributed by atoms with Gasteiger partial charge in [0, 0.05) is 13.2 Å². The number of nitrogens with one attached hydrogen (secondary N) is 2. The Morgan fingerprint density at radius 1 is 1.83 bits per heavy atom. The Hall–Kier alpha value is -1.52.